The fraction of sp³-hybridized carbons (Fsp3) is 0.917. The van der Waals surface area contributed by atoms with Crippen molar-refractivity contribution in [2.45, 2.75) is 128 Å². The zero-order chi connectivity index (χ0) is 24.8. The number of carbonyl (C=O) groups excluding carboxylic acids is 2. The smallest absolute Gasteiger partial charge is 0.327 e. The van der Waals surface area contributed by atoms with Gasteiger partial charge in [0.15, 0.2) is 5.25 Å². The molecule has 0 saturated heterocycles. The van der Waals surface area contributed by atoms with Crippen LogP contribution in [0.15, 0.2) is 0 Å². The molecule has 2 N–H and O–H groups in total. The molecule has 33 heavy (non-hydrogen) atoms. The van der Waals surface area contributed by atoms with E-state index in [9.17, 15) is 18.0 Å². The Morgan fingerprint density at radius 2 is 1.06 bits per heavy atom. The van der Waals surface area contributed by atoms with Crippen LogP contribution < -0.4 is 5.90 Å². The van der Waals surface area contributed by atoms with Crippen molar-refractivity contribution in [1.82, 2.24) is 0 Å². The zero-order valence-electron chi connectivity index (χ0n) is 20.9. The van der Waals surface area contributed by atoms with Gasteiger partial charge >= 0.3 is 11.9 Å². The van der Waals surface area contributed by atoms with Crippen LogP contribution in [0, 0.1) is 0 Å². The molecule has 1 unspecified atom stereocenters. The average molecular weight is 494 g/mol. The van der Waals surface area contributed by atoms with Crippen molar-refractivity contribution in [3.8, 4) is 0 Å². The molecule has 0 aliphatic rings. The van der Waals surface area contributed by atoms with Crippen molar-refractivity contribution >= 4 is 22.1 Å². The van der Waals surface area contributed by atoms with Crippen molar-refractivity contribution in [3.05, 3.63) is 0 Å². The van der Waals surface area contributed by atoms with E-state index in [2.05, 4.69) is 18.1 Å². The Morgan fingerprint density at radius 3 is 1.48 bits per heavy atom. The summed E-state index contributed by atoms with van der Waals surface area (Å²) in [5.41, 5.74) is 0. The summed E-state index contributed by atoms with van der Waals surface area (Å²) in [5, 5.41) is -1.82. The van der Waals surface area contributed by atoms with Crippen LogP contribution in [-0.4, -0.2) is 38.8 Å². The van der Waals surface area contributed by atoms with E-state index in [1.165, 1.54) is 51.4 Å². The van der Waals surface area contributed by atoms with Crippen LogP contribution in [-0.2, 0) is 33.5 Å². The third-order valence-corrected chi connectivity index (χ3v) is 6.92. The lowest BCUT2D eigenvalue weighted by Crippen LogP contribution is -2.37. The van der Waals surface area contributed by atoms with Crippen LogP contribution in [0.2, 0.25) is 0 Å². The Bertz CT molecular complexity index is 596. The van der Waals surface area contributed by atoms with E-state index in [1.807, 2.05) is 0 Å². The molecule has 0 aliphatic carbocycles. The molecule has 0 spiro atoms. The minimum absolute atomic E-state index is 0.0949. The lowest BCUT2D eigenvalue weighted by atomic mass is 10.1. The summed E-state index contributed by atoms with van der Waals surface area (Å²) in [5.74, 6) is 3.00. The predicted molar refractivity (Wildman–Crippen MR) is 130 cm³/mol. The lowest BCUT2D eigenvalue weighted by Gasteiger charge is -2.14. The standard InChI is InChI=1S/C24H47NO7S/c1-3-5-7-9-11-13-15-17-19-30-23(26)21-22(33(28,29)32-25)24(27)31-20-18-16-14-12-10-8-6-4-2/h22H,3-21,25H2,1-2H3. The maximum atomic E-state index is 12.3. The number of rotatable bonds is 23. The highest BCUT2D eigenvalue weighted by Crippen LogP contribution is 2.13. The molecular formula is C24H47NO7S. The Balaban J connectivity index is 4.17. The number of carbonyl (C=O) groups is 2. The van der Waals surface area contributed by atoms with E-state index in [-0.39, 0.29) is 13.2 Å². The number of ether oxygens (including phenoxy) is 2. The van der Waals surface area contributed by atoms with Gasteiger partial charge in [0.05, 0.1) is 19.6 Å². The van der Waals surface area contributed by atoms with Gasteiger partial charge < -0.3 is 9.47 Å². The maximum absolute atomic E-state index is 12.3. The Morgan fingerprint density at radius 1 is 0.667 bits per heavy atom. The molecule has 0 aliphatic heterocycles. The SMILES string of the molecule is CCCCCCCCCCOC(=O)CC(C(=O)OCCCCCCCCCC)S(=O)(=O)ON. The van der Waals surface area contributed by atoms with Crippen LogP contribution in [0.3, 0.4) is 0 Å². The molecule has 0 bridgehead atoms. The third kappa shape index (κ3) is 17.9. The second-order valence-corrected chi connectivity index (χ2v) is 10.4. The first-order chi connectivity index (χ1) is 15.9. The van der Waals surface area contributed by atoms with Crippen LogP contribution >= 0.6 is 0 Å². The molecule has 9 heteroatoms. The molecule has 0 saturated carbocycles. The Kier molecular flexibility index (Phi) is 20.6. The van der Waals surface area contributed by atoms with Gasteiger partial charge in [-0.1, -0.05) is 104 Å². The molecule has 0 radical (unpaired) electrons. The quantitative estimate of drug-likeness (QED) is 0.115. The molecule has 0 amide bonds. The molecule has 0 fully saturated rings. The second-order valence-electron chi connectivity index (χ2n) is 8.62. The highest BCUT2D eigenvalue weighted by molar-refractivity contribution is 7.88. The number of esters is 2. The Hall–Kier alpha value is -1.19. The normalized spacial score (nSPS) is 12.5. The summed E-state index contributed by atoms with van der Waals surface area (Å²) in [6, 6.07) is 0. The minimum atomic E-state index is -4.46. The summed E-state index contributed by atoms with van der Waals surface area (Å²) in [6.45, 7) is 4.64. The van der Waals surface area contributed by atoms with Crippen molar-refractivity contribution in [2.75, 3.05) is 13.2 Å². The molecule has 0 aromatic heterocycles. The summed E-state index contributed by atoms with van der Waals surface area (Å²) in [7, 11) is -4.46. The van der Waals surface area contributed by atoms with E-state index in [1.54, 1.807) is 0 Å². The van der Waals surface area contributed by atoms with E-state index in [0.29, 0.717) is 12.8 Å². The monoisotopic (exact) mass is 493 g/mol. The zero-order valence-corrected chi connectivity index (χ0v) is 21.7. The van der Waals surface area contributed by atoms with Crippen molar-refractivity contribution in [1.29, 1.82) is 0 Å². The molecule has 0 aromatic carbocycles. The molecular weight excluding hydrogens is 446 g/mol. The number of hydrogen-bond acceptors (Lipinski definition) is 8. The largest absolute Gasteiger partial charge is 0.466 e. The molecule has 0 rings (SSSR count). The van der Waals surface area contributed by atoms with Crippen LogP contribution in [0.4, 0.5) is 0 Å². The van der Waals surface area contributed by atoms with Gasteiger partial charge in [-0.05, 0) is 12.8 Å². The van der Waals surface area contributed by atoms with Crippen LogP contribution in [0.1, 0.15) is 123 Å². The van der Waals surface area contributed by atoms with Gasteiger partial charge in [0.2, 0.25) is 0 Å². The van der Waals surface area contributed by atoms with Gasteiger partial charge in [-0.25, -0.2) is 0 Å². The summed E-state index contributed by atoms with van der Waals surface area (Å²) < 4.78 is 38.2. The molecule has 8 nitrogen and oxygen atoms in total. The first-order valence-corrected chi connectivity index (χ1v) is 14.3. The highest BCUT2D eigenvalue weighted by atomic mass is 32.2. The topological polar surface area (TPSA) is 122 Å². The van der Waals surface area contributed by atoms with Crippen molar-refractivity contribution in [3.63, 3.8) is 0 Å². The first-order valence-electron chi connectivity index (χ1n) is 12.8. The summed E-state index contributed by atoms with van der Waals surface area (Å²) in [4.78, 5) is 24.3. The van der Waals surface area contributed by atoms with Crippen molar-refractivity contribution < 1.29 is 31.8 Å². The number of unbranched alkanes of at least 4 members (excludes halogenated alkanes) is 14. The predicted octanol–water partition coefficient (Wildman–Crippen LogP) is 5.33. The fourth-order valence-corrected chi connectivity index (χ4v) is 4.28. The van der Waals surface area contributed by atoms with Gasteiger partial charge in [-0.15, -0.1) is 0 Å². The van der Waals surface area contributed by atoms with Crippen LogP contribution in [0.5, 0.6) is 0 Å². The third-order valence-electron chi connectivity index (χ3n) is 5.60. The number of nitrogens with two attached hydrogens (primary N) is 1. The van der Waals surface area contributed by atoms with Gasteiger partial charge in [0.25, 0.3) is 10.1 Å². The van der Waals surface area contributed by atoms with Gasteiger partial charge in [0.1, 0.15) is 0 Å². The fourth-order valence-electron chi connectivity index (χ4n) is 3.50. The first kappa shape index (κ1) is 31.8. The summed E-state index contributed by atoms with van der Waals surface area (Å²) >= 11 is 0. The van der Waals surface area contributed by atoms with Crippen LogP contribution in [0.25, 0.3) is 0 Å². The molecule has 0 aromatic rings. The lowest BCUT2D eigenvalue weighted by molar-refractivity contribution is -0.150. The van der Waals surface area contributed by atoms with E-state index in [4.69, 9.17) is 15.4 Å². The Labute approximate surface area is 201 Å². The molecule has 1 atom stereocenters. The van der Waals surface area contributed by atoms with Gasteiger partial charge in [0, 0.05) is 0 Å². The maximum Gasteiger partial charge on any atom is 0.327 e. The average Bonchev–Trinajstić information content (AvgIpc) is 2.80. The van der Waals surface area contributed by atoms with Gasteiger partial charge in [-0.3, -0.25) is 9.59 Å². The second kappa shape index (κ2) is 21.4. The highest BCUT2D eigenvalue weighted by Gasteiger charge is 2.37. The molecule has 196 valence electrons. The molecule has 0 heterocycles. The van der Waals surface area contributed by atoms with Crippen molar-refractivity contribution in [2.24, 2.45) is 5.90 Å². The van der Waals surface area contributed by atoms with E-state index in [0.717, 1.165) is 38.5 Å². The van der Waals surface area contributed by atoms with Gasteiger partial charge in [-0.2, -0.15) is 18.6 Å². The minimum Gasteiger partial charge on any atom is -0.466 e. The summed E-state index contributed by atoms with van der Waals surface area (Å²) in [6.07, 6.45) is 16.7. The van der Waals surface area contributed by atoms with E-state index < -0.39 is 33.7 Å². The van der Waals surface area contributed by atoms with E-state index >= 15 is 0 Å². The number of hydrogen-bond donors (Lipinski definition) is 1.